The molecular formula is C13H14N2O3. The van der Waals surface area contributed by atoms with Gasteiger partial charge in [0.1, 0.15) is 0 Å². The Kier molecular flexibility index (Phi) is 5.31. The van der Waals surface area contributed by atoms with E-state index in [9.17, 15) is 9.59 Å². The largest absolute Gasteiger partial charge is 0.478 e. The van der Waals surface area contributed by atoms with Crippen molar-refractivity contribution >= 4 is 11.9 Å². The molecule has 5 heteroatoms. The van der Waals surface area contributed by atoms with Crippen LogP contribution in [-0.2, 0) is 16.1 Å². The van der Waals surface area contributed by atoms with Crippen molar-refractivity contribution in [1.29, 1.82) is 0 Å². The van der Waals surface area contributed by atoms with Crippen LogP contribution in [0.3, 0.4) is 0 Å². The lowest BCUT2D eigenvalue weighted by Gasteiger charge is -2.19. The summed E-state index contributed by atoms with van der Waals surface area (Å²) in [5.74, 6) is -1.51. The van der Waals surface area contributed by atoms with E-state index in [4.69, 9.17) is 5.11 Å². The maximum Gasteiger partial charge on any atom is 0.328 e. The number of carboxylic acid groups (broad SMARTS) is 1. The molecular weight excluding hydrogens is 232 g/mol. The number of nitrogens with zero attached hydrogens (tertiary/aromatic N) is 2. The van der Waals surface area contributed by atoms with Gasteiger partial charge in [-0.3, -0.25) is 9.78 Å². The van der Waals surface area contributed by atoms with Crippen molar-refractivity contribution < 1.29 is 14.7 Å². The molecule has 0 radical (unpaired) electrons. The number of aromatic nitrogens is 1. The van der Waals surface area contributed by atoms with E-state index in [-0.39, 0.29) is 5.91 Å². The average molecular weight is 246 g/mol. The smallest absolute Gasteiger partial charge is 0.328 e. The summed E-state index contributed by atoms with van der Waals surface area (Å²) in [7, 11) is 0. The lowest BCUT2D eigenvalue weighted by atomic mass is 10.2. The van der Waals surface area contributed by atoms with Gasteiger partial charge in [-0.2, -0.15) is 0 Å². The van der Waals surface area contributed by atoms with Crippen molar-refractivity contribution in [3.63, 3.8) is 0 Å². The molecule has 1 heterocycles. The summed E-state index contributed by atoms with van der Waals surface area (Å²) >= 11 is 0. The van der Waals surface area contributed by atoms with Crippen molar-refractivity contribution in [1.82, 2.24) is 9.88 Å². The first kappa shape index (κ1) is 13.6. The highest BCUT2D eigenvalue weighted by Gasteiger charge is 2.09. The summed E-state index contributed by atoms with van der Waals surface area (Å²) in [6.45, 7) is 4.31. The number of amides is 1. The molecule has 1 N–H and O–H groups in total. The normalized spacial score (nSPS) is 10.2. The first-order valence-electron chi connectivity index (χ1n) is 5.33. The van der Waals surface area contributed by atoms with Crippen molar-refractivity contribution in [2.45, 2.75) is 6.54 Å². The maximum atomic E-state index is 11.8. The summed E-state index contributed by atoms with van der Waals surface area (Å²) in [4.78, 5) is 27.5. The van der Waals surface area contributed by atoms with Gasteiger partial charge in [-0.15, -0.1) is 6.58 Å². The number of aliphatic carboxylic acids is 1. The second-order valence-corrected chi connectivity index (χ2v) is 3.53. The van der Waals surface area contributed by atoms with Crippen molar-refractivity contribution in [2.24, 2.45) is 0 Å². The van der Waals surface area contributed by atoms with E-state index in [0.29, 0.717) is 13.1 Å². The molecule has 0 unspecified atom stereocenters. The highest BCUT2D eigenvalue weighted by molar-refractivity contribution is 5.93. The highest BCUT2D eigenvalue weighted by atomic mass is 16.4. The minimum Gasteiger partial charge on any atom is -0.478 e. The molecule has 1 aromatic heterocycles. The van der Waals surface area contributed by atoms with Crippen molar-refractivity contribution in [3.05, 3.63) is 54.9 Å². The van der Waals surface area contributed by atoms with Crippen LogP contribution in [0, 0.1) is 0 Å². The number of pyridine rings is 1. The Morgan fingerprint density at radius 1 is 1.33 bits per heavy atom. The van der Waals surface area contributed by atoms with Crippen LogP contribution < -0.4 is 0 Å². The molecule has 0 fully saturated rings. The molecule has 1 rings (SSSR count). The summed E-state index contributed by atoms with van der Waals surface area (Å²) in [6.07, 6.45) is 6.73. The van der Waals surface area contributed by atoms with Crippen LogP contribution in [0.4, 0.5) is 0 Å². The molecule has 0 aliphatic rings. The summed E-state index contributed by atoms with van der Waals surface area (Å²) in [5, 5.41) is 8.48. The molecule has 0 atom stereocenters. The highest BCUT2D eigenvalue weighted by Crippen LogP contribution is 2.04. The number of rotatable bonds is 6. The molecule has 18 heavy (non-hydrogen) atoms. The number of hydrogen-bond acceptors (Lipinski definition) is 3. The number of carboxylic acids is 1. The van der Waals surface area contributed by atoms with E-state index in [1.165, 1.54) is 4.90 Å². The summed E-state index contributed by atoms with van der Waals surface area (Å²) in [5.41, 5.74) is 0.920. The molecule has 0 spiro atoms. The predicted molar refractivity (Wildman–Crippen MR) is 66.6 cm³/mol. The maximum absolute atomic E-state index is 11.8. The summed E-state index contributed by atoms with van der Waals surface area (Å²) in [6, 6.07) is 3.59. The summed E-state index contributed by atoms with van der Waals surface area (Å²) < 4.78 is 0. The number of hydrogen-bond donors (Lipinski definition) is 1. The molecule has 0 bridgehead atoms. The van der Waals surface area contributed by atoms with Crippen LogP contribution in [0.2, 0.25) is 0 Å². The van der Waals surface area contributed by atoms with E-state index in [0.717, 1.165) is 17.7 Å². The fourth-order valence-corrected chi connectivity index (χ4v) is 1.34. The molecule has 94 valence electrons. The molecule has 0 aromatic carbocycles. The van der Waals surface area contributed by atoms with Gasteiger partial charge in [-0.1, -0.05) is 6.08 Å². The van der Waals surface area contributed by atoms with Crippen molar-refractivity contribution in [2.75, 3.05) is 6.54 Å². The van der Waals surface area contributed by atoms with E-state index in [1.54, 1.807) is 30.6 Å². The Balaban J connectivity index is 2.73. The molecule has 0 saturated heterocycles. The van der Waals surface area contributed by atoms with E-state index >= 15 is 0 Å². The minimum atomic E-state index is -1.15. The van der Waals surface area contributed by atoms with Crippen LogP contribution in [0.1, 0.15) is 5.56 Å². The average Bonchev–Trinajstić information content (AvgIpc) is 2.36. The van der Waals surface area contributed by atoms with Gasteiger partial charge in [0.2, 0.25) is 5.91 Å². The Labute approximate surface area is 105 Å². The van der Waals surface area contributed by atoms with Gasteiger partial charge >= 0.3 is 5.97 Å². The van der Waals surface area contributed by atoms with E-state index in [1.807, 2.05) is 0 Å². The Morgan fingerprint density at radius 3 is 2.56 bits per heavy atom. The lowest BCUT2D eigenvalue weighted by Crippen LogP contribution is -2.29. The topological polar surface area (TPSA) is 70.5 Å². The third-order valence-corrected chi connectivity index (χ3v) is 2.15. The monoisotopic (exact) mass is 246 g/mol. The van der Waals surface area contributed by atoms with Crippen LogP contribution in [0.15, 0.2) is 49.3 Å². The molecule has 0 saturated carbocycles. The van der Waals surface area contributed by atoms with E-state index in [2.05, 4.69) is 11.6 Å². The fraction of sp³-hybridized carbons (Fsp3) is 0.154. The fourth-order valence-electron chi connectivity index (χ4n) is 1.34. The quantitative estimate of drug-likeness (QED) is 0.605. The Bertz CT molecular complexity index is 455. The van der Waals surface area contributed by atoms with E-state index < -0.39 is 5.97 Å². The van der Waals surface area contributed by atoms with Crippen LogP contribution >= 0.6 is 0 Å². The Morgan fingerprint density at radius 2 is 2.00 bits per heavy atom. The molecule has 5 nitrogen and oxygen atoms in total. The molecule has 0 aliphatic heterocycles. The SMILES string of the molecule is C=CCN(Cc1ccncc1)C(=O)/C=C/C(=O)O. The van der Waals surface area contributed by atoms with Crippen LogP contribution in [0.5, 0.6) is 0 Å². The van der Waals surface area contributed by atoms with Gasteiger partial charge in [0.25, 0.3) is 0 Å². The van der Waals surface area contributed by atoms with Gasteiger partial charge in [-0.25, -0.2) is 4.79 Å². The lowest BCUT2D eigenvalue weighted by molar-refractivity contribution is -0.132. The number of carbonyl (C=O) groups is 2. The third-order valence-electron chi connectivity index (χ3n) is 2.15. The zero-order chi connectivity index (χ0) is 13.4. The standard InChI is InChI=1S/C13H14N2O3/c1-2-9-15(12(16)3-4-13(17)18)10-11-5-7-14-8-6-11/h2-8H,1,9-10H2,(H,17,18)/b4-3+. The van der Waals surface area contributed by atoms with Gasteiger partial charge in [0.05, 0.1) is 0 Å². The van der Waals surface area contributed by atoms with Gasteiger partial charge in [0.15, 0.2) is 0 Å². The molecule has 1 amide bonds. The minimum absolute atomic E-state index is 0.352. The zero-order valence-corrected chi connectivity index (χ0v) is 9.82. The van der Waals surface area contributed by atoms with Gasteiger partial charge in [-0.05, 0) is 17.7 Å². The second-order valence-electron chi connectivity index (χ2n) is 3.53. The van der Waals surface area contributed by atoms with Crippen LogP contribution in [-0.4, -0.2) is 33.4 Å². The first-order chi connectivity index (χ1) is 8.63. The molecule has 1 aromatic rings. The number of carbonyl (C=O) groups excluding carboxylic acids is 1. The first-order valence-corrected chi connectivity index (χ1v) is 5.33. The molecule has 0 aliphatic carbocycles. The second kappa shape index (κ2) is 7.01. The zero-order valence-electron chi connectivity index (χ0n) is 9.82. The van der Waals surface area contributed by atoms with Gasteiger partial charge in [0, 0.05) is 37.6 Å². The third kappa shape index (κ3) is 4.61. The van der Waals surface area contributed by atoms with Gasteiger partial charge < -0.3 is 10.0 Å². The Hall–Kier alpha value is -2.43. The van der Waals surface area contributed by atoms with Crippen molar-refractivity contribution in [3.8, 4) is 0 Å². The van der Waals surface area contributed by atoms with Crippen LogP contribution in [0.25, 0.3) is 0 Å². The predicted octanol–water partition coefficient (Wildman–Crippen LogP) is 1.24.